The first kappa shape index (κ1) is 16.5. The van der Waals surface area contributed by atoms with E-state index in [9.17, 15) is 9.90 Å². The molecule has 1 aliphatic rings. The molecule has 0 spiro atoms. The molecule has 0 saturated heterocycles. The van der Waals surface area contributed by atoms with Crippen LogP contribution in [0.2, 0.25) is 0 Å². The quantitative estimate of drug-likeness (QED) is 0.661. The molecule has 3 rings (SSSR count). The summed E-state index contributed by atoms with van der Waals surface area (Å²) < 4.78 is 11.2. The molecule has 1 fully saturated rings. The molecule has 0 unspecified atom stereocenters. The van der Waals surface area contributed by atoms with Crippen molar-refractivity contribution in [3.05, 3.63) is 54.1 Å². The molecule has 4 nitrogen and oxygen atoms in total. The second kappa shape index (κ2) is 7.05. The zero-order valence-electron chi connectivity index (χ0n) is 13.8. The maximum Gasteiger partial charge on any atom is 0.308 e. The Morgan fingerprint density at radius 3 is 2.38 bits per heavy atom. The first-order valence-electron chi connectivity index (χ1n) is 8.35. The molecule has 0 heterocycles. The van der Waals surface area contributed by atoms with Gasteiger partial charge in [-0.2, -0.15) is 0 Å². The van der Waals surface area contributed by atoms with E-state index in [2.05, 4.69) is 0 Å². The Kier molecular flexibility index (Phi) is 4.86. The molecule has 0 aliphatic heterocycles. The lowest BCUT2D eigenvalue weighted by Crippen LogP contribution is -2.29. The molecule has 0 bridgehead atoms. The van der Waals surface area contributed by atoms with E-state index in [4.69, 9.17) is 9.47 Å². The van der Waals surface area contributed by atoms with E-state index < -0.39 is 11.6 Å². The third-order valence-electron chi connectivity index (χ3n) is 4.37. The van der Waals surface area contributed by atoms with Crippen molar-refractivity contribution < 1.29 is 19.4 Å². The Morgan fingerprint density at radius 2 is 1.71 bits per heavy atom. The van der Waals surface area contributed by atoms with Gasteiger partial charge in [0.05, 0.1) is 5.60 Å². The Balaban J connectivity index is 1.95. The maximum absolute atomic E-state index is 11.4. The number of ether oxygens (including phenoxy) is 2. The molecule has 2 aromatic carbocycles. The molecule has 1 aliphatic carbocycles. The smallest absolute Gasteiger partial charge is 0.308 e. The minimum Gasteiger partial charge on any atom is -0.457 e. The van der Waals surface area contributed by atoms with Crippen molar-refractivity contribution >= 4 is 5.97 Å². The van der Waals surface area contributed by atoms with Gasteiger partial charge in [0.1, 0.15) is 17.2 Å². The van der Waals surface area contributed by atoms with Crippen molar-refractivity contribution in [2.45, 2.75) is 44.6 Å². The molecule has 1 N–H and O–H groups in total. The van der Waals surface area contributed by atoms with Crippen LogP contribution < -0.4 is 9.47 Å². The van der Waals surface area contributed by atoms with Gasteiger partial charge in [-0.15, -0.1) is 0 Å². The number of rotatable bonds is 4. The topological polar surface area (TPSA) is 55.8 Å². The van der Waals surface area contributed by atoms with Gasteiger partial charge in [0.15, 0.2) is 0 Å². The fraction of sp³-hybridized carbons (Fsp3) is 0.350. The van der Waals surface area contributed by atoms with Crippen molar-refractivity contribution in [3.8, 4) is 17.2 Å². The van der Waals surface area contributed by atoms with Gasteiger partial charge >= 0.3 is 5.97 Å². The van der Waals surface area contributed by atoms with E-state index in [1.807, 2.05) is 30.3 Å². The van der Waals surface area contributed by atoms with E-state index in [1.54, 1.807) is 18.2 Å². The molecule has 126 valence electrons. The zero-order chi connectivity index (χ0) is 17.0. The predicted octanol–water partition coefficient (Wildman–Crippen LogP) is 4.56. The zero-order valence-corrected chi connectivity index (χ0v) is 13.8. The van der Waals surface area contributed by atoms with Crippen LogP contribution in [0.5, 0.6) is 17.2 Å². The Hall–Kier alpha value is -2.33. The van der Waals surface area contributed by atoms with Crippen molar-refractivity contribution in [3.63, 3.8) is 0 Å². The second-order valence-corrected chi connectivity index (χ2v) is 6.26. The number of para-hydroxylation sites is 1. The number of benzene rings is 2. The summed E-state index contributed by atoms with van der Waals surface area (Å²) in [5.41, 5.74) is -0.343. The maximum atomic E-state index is 11.4. The number of carbonyl (C=O) groups is 1. The van der Waals surface area contributed by atoms with Crippen LogP contribution in [0.25, 0.3) is 0 Å². The molecule has 0 radical (unpaired) electrons. The van der Waals surface area contributed by atoms with Gasteiger partial charge in [-0.05, 0) is 43.2 Å². The summed E-state index contributed by atoms with van der Waals surface area (Å²) in [4.78, 5) is 11.4. The van der Waals surface area contributed by atoms with Crippen molar-refractivity contribution in [1.82, 2.24) is 0 Å². The molecular weight excluding hydrogens is 304 g/mol. The van der Waals surface area contributed by atoms with Crippen LogP contribution in [0.15, 0.2) is 48.5 Å². The van der Waals surface area contributed by atoms with Crippen LogP contribution in [0.1, 0.15) is 44.6 Å². The molecule has 0 amide bonds. The number of hydrogen-bond acceptors (Lipinski definition) is 4. The van der Waals surface area contributed by atoms with Crippen LogP contribution in [0.4, 0.5) is 0 Å². The molecule has 2 aromatic rings. The molecule has 4 heteroatoms. The Labute approximate surface area is 142 Å². The number of esters is 1. The Bertz CT molecular complexity index is 703. The SMILES string of the molecule is CC(=O)Oc1ccc(Oc2ccccc2)cc1C1(O)CCCCC1. The van der Waals surface area contributed by atoms with Crippen molar-refractivity contribution in [2.24, 2.45) is 0 Å². The summed E-state index contributed by atoms with van der Waals surface area (Å²) in [5, 5.41) is 11.1. The number of aliphatic hydroxyl groups is 1. The number of hydrogen-bond donors (Lipinski definition) is 1. The normalized spacial score (nSPS) is 16.4. The van der Waals surface area contributed by atoms with Gasteiger partial charge in [-0.3, -0.25) is 4.79 Å². The Morgan fingerprint density at radius 1 is 1.00 bits per heavy atom. The van der Waals surface area contributed by atoms with Gasteiger partial charge < -0.3 is 14.6 Å². The minimum absolute atomic E-state index is 0.396. The average molecular weight is 326 g/mol. The second-order valence-electron chi connectivity index (χ2n) is 6.26. The van der Waals surface area contributed by atoms with Gasteiger partial charge in [0.25, 0.3) is 0 Å². The first-order chi connectivity index (χ1) is 11.6. The lowest BCUT2D eigenvalue weighted by molar-refractivity contribution is -0.132. The number of carbonyl (C=O) groups excluding carboxylic acids is 1. The monoisotopic (exact) mass is 326 g/mol. The summed E-state index contributed by atoms with van der Waals surface area (Å²) >= 11 is 0. The lowest BCUT2D eigenvalue weighted by atomic mass is 9.79. The highest BCUT2D eigenvalue weighted by Gasteiger charge is 2.34. The standard InChI is InChI=1S/C20H22O4/c1-15(21)23-19-11-10-17(24-16-8-4-2-5-9-16)14-18(19)20(22)12-6-3-7-13-20/h2,4-5,8-11,14,22H,3,6-7,12-13H2,1H3. The third kappa shape index (κ3) is 3.77. The van der Waals surface area contributed by atoms with Crippen LogP contribution in [0.3, 0.4) is 0 Å². The highest BCUT2D eigenvalue weighted by molar-refractivity contribution is 5.70. The van der Waals surface area contributed by atoms with Gasteiger partial charge in [0.2, 0.25) is 0 Å². The first-order valence-corrected chi connectivity index (χ1v) is 8.35. The fourth-order valence-electron chi connectivity index (χ4n) is 3.21. The summed E-state index contributed by atoms with van der Waals surface area (Å²) in [6, 6.07) is 14.7. The van der Waals surface area contributed by atoms with Crippen LogP contribution in [0, 0.1) is 0 Å². The highest BCUT2D eigenvalue weighted by Crippen LogP contribution is 2.43. The van der Waals surface area contributed by atoms with E-state index in [0.29, 0.717) is 29.9 Å². The molecular formula is C20H22O4. The predicted molar refractivity (Wildman–Crippen MR) is 91.2 cm³/mol. The summed E-state index contributed by atoms with van der Waals surface area (Å²) in [5.74, 6) is 1.35. The molecule has 24 heavy (non-hydrogen) atoms. The van der Waals surface area contributed by atoms with E-state index >= 15 is 0 Å². The molecule has 1 saturated carbocycles. The van der Waals surface area contributed by atoms with Crippen molar-refractivity contribution in [1.29, 1.82) is 0 Å². The highest BCUT2D eigenvalue weighted by atomic mass is 16.5. The largest absolute Gasteiger partial charge is 0.457 e. The lowest BCUT2D eigenvalue weighted by Gasteiger charge is -2.33. The molecule has 0 aromatic heterocycles. The van der Waals surface area contributed by atoms with Crippen LogP contribution >= 0.6 is 0 Å². The van der Waals surface area contributed by atoms with Crippen LogP contribution in [-0.4, -0.2) is 11.1 Å². The van der Waals surface area contributed by atoms with E-state index in [1.165, 1.54) is 6.92 Å². The average Bonchev–Trinajstić information content (AvgIpc) is 2.57. The third-order valence-corrected chi connectivity index (χ3v) is 4.37. The minimum atomic E-state index is -0.973. The summed E-state index contributed by atoms with van der Waals surface area (Å²) in [6.07, 6.45) is 4.36. The van der Waals surface area contributed by atoms with Crippen LogP contribution in [-0.2, 0) is 10.4 Å². The summed E-state index contributed by atoms with van der Waals surface area (Å²) in [7, 11) is 0. The van der Waals surface area contributed by atoms with Crippen molar-refractivity contribution in [2.75, 3.05) is 0 Å². The van der Waals surface area contributed by atoms with Gasteiger partial charge in [-0.25, -0.2) is 0 Å². The summed E-state index contributed by atoms with van der Waals surface area (Å²) in [6.45, 7) is 1.36. The fourth-order valence-corrected chi connectivity index (χ4v) is 3.21. The van der Waals surface area contributed by atoms with E-state index in [-0.39, 0.29) is 0 Å². The van der Waals surface area contributed by atoms with Gasteiger partial charge in [0, 0.05) is 12.5 Å². The van der Waals surface area contributed by atoms with E-state index in [0.717, 1.165) is 25.0 Å². The molecule has 0 atom stereocenters. The van der Waals surface area contributed by atoms with Gasteiger partial charge in [-0.1, -0.05) is 37.5 Å².